The van der Waals surface area contributed by atoms with Gasteiger partial charge in [0, 0.05) is 10.5 Å². The summed E-state index contributed by atoms with van der Waals surface area (Å²) in [5.74, 6) is 0.438. The fourth-order valence-electron chi connectivity index (χ4n) is 1.65. The zero-order valence-corrected chi connectivity index (χ0v) is 14.5. The van der Waals surface area contributed by atoms with E-state index in [1.54, 1.807) is 18.2 Å². The summed E-state index contributed by atoms with van der Waals surface area (Å²) >= 11 is 7.88. The molecule has 0 bridgehead atoms. The molecule has 1 saturated heterocycles. The van der Waals surface area contributed by atoms with Gasteiger partial charge in [0.25, 0.3) is 5.91 Å². The van der Waals surface area contributed by atoms with Gasteiger partial charge in [0.1, 0.15) is 5.76 Å². The Morgan fingerprint density at radius 2 is 1.90 bits per heavy atom. The number of halogens is 2. The minimum absolute atomic E-state index is 0.177. The highest BCUT2D eigenvalue weighted by Gasteiger charge is 2.24. The first kappa shape index (κ1) is 14.6. The largest absolute Gasteiger partial charge is 0.450 e. The number of furan rings is 1. The molecule has 106 valence electrons. The highest BCUT2D eigenvalue weighted by Crippen LogP contribution is 2.29. The Bertz CT molecular complexity index is 751. The van der Waals surface area contributed by atoms with E-state index in [0.717, 1.165) is 10.2 Å². The van der Waals surface area contributed by atoms with Crippen molar-refractivity contribution in [1.82, 2.24) is 5.32 Å². The van der Waals surface area contributed by atoms with Crippen LogP contribution in [-0.2, 0) is 4.79 Å². The number of amidine groups is 1. The molecule has 0 atom stereocenters. The van der Waals surface area contributed by atoms with Crippen molar-refractivity contribution >= 4 is 66.5 Å². The summed E-state index contributed by atoms with van der Waals surface area (Å²) in [5, 5.41) is 3.29. The second-order valence-corrected chi connectivity index (χ2v) is 6.83. The van der Waals surface area contributed by atoms with E-state index in [4.69, 9.17) is 4.42 Å². The van der Waals surface area contributed by atoms with Crippen molar-refractivity contribution in [3.63, 3.8) is 0 Å². The summed E-state index contributed by atoms with van der Waals surface area (Å²) < 4.78 is 6.97. The number of nitrogens with one attached hydrogen (secondary N) is 1. The van der Waals surface area contributed by atoms with Crippen molar-refractivity contribution in [1.29, 1.82) is 0 Å². The van der Waals surface area contributed by atoms with Gasteiger partial charge in [0.15, 0.2) is 9.84 Å². The molecule has 0 aliphatic carbocycles. The predicted molar refractivity (Wildman–Crippen MR) is 91.4 cm³/mol. The van der Waals surface area contributed by atoms with E-state index < -0.39 is 0 Å². The first-order chi connectivity index (χ1) is 10.1. The van der Waals surface area contributed by atoms with Crippen LogP contribution in [0.2, 0.25) is 0 Å². The molecule has 1 fully saturated rings. The van der Waals surface area contributed by atoms with Gasteiger partial charge in [-0.3, -0.25) is 4.79 Å². The minimum Gasteiger partial charge on any atom is -0.450 e. The van der Waals surface area contributed by atoms with Gasteiger partial charge in [-0.05, 0) is 64.1 Å². The first-order valence-corrected chi connectivity index (χ1v) is 8.31. The Morgan fingerprint density at radius 1 is 1.14 bits per heavy atom. The van der Waals surface area contributed by atoms with Gasteiger partial charge >= 0.3 is 0 Å². The molecule has 1 aliphatic heterocycles. The van der Waals surface area contributed by atoms with Crippen molar-refractivity contribution in [2.75, 3.05) is 0 Å². The SMILES string of the molecule is O=C1NC(=Nc2ccc(Br)cc2)S/C1=C/c1ccc(Br)o1. The van der Waals surface area contributed by atoms with Crippen LogP contribution in [-0.4, -0.2) is 11.1 Å². The van der Waals surface area contributed by atoms with Crippen molar-refractivity contribution in [2.24, 2.45) is 4.99 Å². The van der Waals surface area contributed by atoms with Gasteiger partial charge < -0.3 is 9.73 Å². The van der Waals surface area contributed by atoms with E-state index in [1.165, 1.54) is 11.8 Å². The molecule has 1 N–H and O–H groups in total. The van der Waals surface area contributed by atoms with Crippen LogP contribution < -0.4 is 5.32 Å². The Morgan fingerprint density at radius 3 is 2.57 bits per heavy atom. The van der Waals surface area contributed by atoms with Crippen LogP contribution in [0.3, 0.4) is 0 Å². The van der Waals surface area contributed by atoms with E-state index in [1.807, 2.05) is 24.3 Å². The molecule has 0 spiro atoms. The summed E-state index contributed by atoms with van der Waals surface area (Å²) in [4.78, 5) is 16.8. The number of carbonyl (C=O) groups excluding carboxylic acids is 1. The number of nitrogens with zero attached hydrogens (tertiary/aromatic N) is 1. The van der Waals surface area contributed by atoms with Crippen LogP contribution >= 0.6 is 43.6 Å². The minimum atomic E-state index is -0.177. The van der Waals surface area contributed by atoms with Crippen LogP contribution in [0.4, 0.5) is 5.69 Å². The van der Waals surface area contributed by atoms with Crippen LogP contribution in [0, 0.1) is 0 Å². The molecule has 4 nitrogen and oxygen atoms in total. The van der Waals surface area contributed by atoms with Gasteiger partial charge in [-0.1, -0.05) is 15.9 Å². The quantitative estimate of drug-likeness (QED) is 0.707. The first-order valence-electron chi connectivity index (χ1n) is 5.91. The molecule has 7 heteroatoms. The third-order valence-electron chi connectivity index (χ3n) is 2.58. The van der Waals surface area contributed by atoms with E-state index in [9.17, 15) is 4.79 Å². The lowest BCUT2D eigenvalue weighted by molar-refractivity contribution is -0.115. The monoisotopic (exact) mass is 426 g/mol. The number of hydrogen-bond donors (Lipinski definition) is 1. The number of thioether (sulfide) groups is 1. The number of benzene rings is 1. The summed E-state index contributed by atoms with van der Waals surface area (Å²) in [6.07, 6.45) is 1.69. The summed E-state index contributed by atoms with van der Waals surface area (Å²) in [6.45, 7) is 0. The molecular weight excluding hydrogens is 420 g/mol. The van der Waals surface area contributed by atoms with E-state index in [2.05, 4.69) is 42.2 Å². The molecule has 0 unspecified atom stereocenters. The average Bonchev–Trinajstić information content (AvgIpc) is 3.00. The van der Waals surface area contributed by atoms with Gasteiger partial charge in [0.05, 0.1) is 10.6 Å². The van der Waals surface area contributed by atoms with E-state index in [0.29, 0.717) is 20.5 Å². The Balaban J connectivity index is 1.81. The molecular formula is C14H8Br2N2O2S. The number of rotatable bonds is 2. The van der Waals surface area contributed by atoms with Crippen molar-refractivity contribution in [3.8, 4) is 0 Å². The van der Waals surface area contributed by atoms with Crippen LogP contribution in [0.15, 0.2) is 59.9 Å². The molecule has 21 heavy (non-hydrogen) atoms. The average molecular weight is 428 g/mol. The molecule has 3 rings (SSSR count). The summed E-state index contributed by atoms with van der Waals surface area (Å²) in [6, 6.07) is 11.1. The topological polar surface area (TPSA) is 54.6 Å². The van der Waals surface area contributed by atoms with Gasteiger partial charge in [-0.2, -0.15) is 0 Å². The maximum absolute atomic E-state index is 11.9. The highest BCUT2D eigenvalue weighted by molar-refractivity contribution is 9.10. The standard InChI is InChI=1S/C14H8Br2N2O2S/c15-8-1-3-9(4-2-8)17-14-18-13(19)11(21-14)7-10-5-6-12(16)20-10/h1-7H,(H,17,18,19)/b11-7+. The zero-order chi connectivity index (χ0) is 14.8. The second kappa shape index (κ2) is 6.21. The van der Waals surface area contributed by atoms with E-state index in [-0.39, 0.29) is 5.91 Å². The third kappa shape index (κ3) is 3.66. The molecule has 2 heterocycles. The molecule has 1 aromatic heterocycles. The van der Waals surface area contributed by atoms with Crippen molar-refractivity contribution in [3.05, 3.63) is 56.2 Å². The Labute approximate surface area is 142 Å². The van der Waals surface area contributed by atoms with Gasteiger partial charge in [-0.15, -0.1) is 0 Å². The second-order valence-electron chi connectivity index (χ2n) is 4.10. The summed E-state index contributed by atoms with van der Waals surface area (Å²) in [5.41, 5.74) is 0.781. The molecule has 0 radical (unpaired) electrons. The third-order valence-corrected chi connectivity index (χ3v) is 4.44. The maximum Gasteiger partial charge on any atom is 0.264 e. The maximum atomic E-state index is 11.9. The number of hydrogen-bond acceptors (Lipinski definition) is 4. The predicted octanol–water partition coefficient (Wildman–Crippen LogP) is 4.70. The smallest absolute Gasteiger partial charge is 0.264 e. The van der Waals surface area contributed by atoms with E-state index >= 15 is 0 Å². The lowest BCUT2D eigenvalue weighted by atomic mass is 10.3. The molecule has 2 aromatic rings. The Kier molecular flexibility index (Phi) is 4.32. The molecule has 1 aliphatic rings. The number of amides is 1. The normalized spacial score (nSPS) is 18.5. The number of carbonyl (C=O) groups is 1. The van der Waals surface area contributed by atoms with Crippen molar-refractivity contribution in [2.45, 2.75) is 0 Å². The molecule has 1 amide bonds. The van der Waals surface area contributed by atoms with Crippen molar-refractivity contribution < 1.29 is 9.21 Å². The van der Waals surface area contributed by atoms with Gasteiger partial charge in [-0.25, -0.2) is 4.99 Å². The lowest BCUT2D eigenvalue weighted by Crippen LogP contribution is -2.19. The van der Waals surface area contributed by atoms with Crippen LogP contribution in [0.5, 0.6) is 0 Å². The van der Waals surface area contributed by atoms with Crippen LogP contribution in [0.25, 0.3) is 6.08 Å². The molecule has 0 saturated carbocycles. The number of aliphatic imine (C=N–C) groups is 1. The fourth-order valence-corrected chi connectivity index (χ4v) is 3.05. The van der Waals surface area contributed by atoms with Crippen LogP contribution in [0.1, 0.15) is 5.76 Å². The lowest BCUT2D eigenvalue weighted by Gasteiger charge is -1.96. The fraction of sp³-hybridized carbons (Fsp3) is 0. The van der Waals surface area contributed by atoms with Gasteiger partial charge in [0.2, 0.25) is 0 Å². The molecule has 1 aromatic carbocycles. The highest BCUT2D eigenvalue weighted by atomic mass is 79.9. The Hall–Kier alpha value is -1.31. The zero-order valence-electron chi connectivity index (χ0n) is 10.5. The summed E-state index contributed by atoms with van der Waals surface area (Å²) in [7, 11) is 0.